The average molecular weight is 367 g/mol. The monoisotopic (exact) mass is 366 g/mol. The molecule has 26 heavy (non-hydrogen) atoms. The molecule has 2 aliphatic rings. The number of hydrogen-bond acceptors (Lipinski definition) is 3. The van der Waals surface area contributed by atoms with Crippen LogP contribution in [0.2, 0.25) is 6.55 Å². The number of aromatic nitrogens is 2. The normalized spacial score (nSPS) is 26.0. The van der Waals surface area contributed by atoms with Crippen molar-refractivity contribution in [1.82, 2.24) is 20.4 Å². The lowest BCUT2D eigenvalue weighted by molar-refractivity contribution is 0.0462. The van der Waals surface area contributed by atoms with Crippen LogP contribution >= 0.6 is 0 Å². The summed E-state index contributed by atoms with van der Waals surface area (Å²) in [6, 6.07) is 7.37. The van der Waals surface area contributed by atoms with Crippen LogP contribution in [0.1, 0.15) is 48.2 Å². The molecule has 5 nitrogen and oxygen atoms in total. The molecule has 2 saturated heterocycles. The second-order valence-corrected chi connectivity index (χ2v) is 8.59. The van der Waals surface area contributed by atoms with Crippen molar-refractivity contribution in [2.75, 3.05) is 7.05 Å². The summed E-state index contributed by atoms with van der Waals surface area (Å²) < 4.78 is 0. The number of nitrogens with one attached hydrogen (secondary N) is 2. The predicted octanol–water partition coefficient (Wildman–Crippen LogP) is 1.83. The van der Waals surface area contributed by atoms with Crippen LogP contribution in [-0.2, 0) is 0 Å². The largest absolute Gasteiger partial charge is 0.348 e. The molecule has 2 aromatic rings. The average Bonchev–Trinajstić information content (AvgIpc) is 3.04. The highest BCUT2D eigenvalue weighted by atomic mass is 28.2. The van der Waals surface area contributed by atoms with Gasteiger partial charge in [-0.1, -0.05) is 18.9 Å². The van der Waals surface area contributed by atoms with E-state index in [4.69, 9.17) is 0 Å². The molecule has 0 saturated carbocycles. The van der Waals surface area contributed by atoms with E-state index < -0.39 is 0 Å². The van der Waals surface area contributed by atoms with E-state index in [1.165, 1.54) is 19.3 Å². The lowest BCUT2D eigenvalue weighted by Crippen LogP contribution is -2.55. The summed E-state index contributed by atoms with van der Waals surface area (Å²) in [6.07, 6.45) is 5.88. The quantitative estimate of drug-likeness (QED) is 0.630. The van der Waals surface area contributed by atoms with Gasteiger partial charge in [0.05, 0.1) is 5.52 Å². The van der Waals surface area contributed by atoms with E-state index >= 15 is 0 Å². The molecule has 1 amide bonds. The highest BCUT2D eigenvalue weighted by Crippen LogP contribution is 2.32. The summed E-state index contributed by atoms with van der Waals surface area (Å²) in [6.45, 7) is 2.17. The van der Waals surface area contributed by atoms with E-state index in [2.05, 4.69) is 45.5 Å². The molecule has 2 N–H and O–H groups in total. The molecule has 0 aliphatic carbocycles. The minimum Gasteiger partial charge on any atom is -0.348 e. The van der Waals surface area contributed by atoms with Crippen molar-refractivity contribution in [1.29, 1.82) is 0 Å². The predicted molar refractivity (Wildman–Crippen MR) is 107 cm³/mol. The Labute approximate surface area is 156 Å². The number of hydrogen-bond donors (Lipinski definition) is 2. The number of piperidine rings is 2. The third-order valence-corrected chi connectivity index (χ3v) is 6.39. The Morgan fingerprint density at radius 2 is 2.12 bits per heavy atom. The van der Waals surface area contributed by atoms with Crippen LogP contribution < -0.4 is 5.32 Å². The summed E-state index contributed by atoms with van der Waals surface area (Å²) in [5.74, 6) is 3.12. The maximum absolute atomic E-state index is 12.9. The molecule has 0 radical (unpaired) electrons. The molecule has 2 unspecified atom stereocenters. The molecule has 2 aliphatic heterocycles. The first-order chi connectivity index (χ1) is 12.7. The van der Waals surface area contributed by atoms with Gasteiger partial charge < -0.3 is 10.2 Å². The van der Waals surface area contributed by atoms with Gasteiger partial charge in [-0.15, -0.1) is 5.54 Å². The Balaban J connectivity index is 1.53. The number of aromatic amines is 1. The van der Waals surface area contributed by atoms with Crippen LogP contribution in [0.3, 0.4) is 0 Å². The number of benzene rings is 1. The van der Waals surface area contributed by atoms with E-state index in [0.717, 1.165) is 29.3 Å². The first kappa shape index (κ1) is 17.3. The molecule has 0 spiro atoms. The minimum absolute atomic E-state index is 0.0705. The fourth-order valence-electron chi connectivity index (χ4n) is 4.44. The highest BCUT2D eigenvalue weighted by Gasteiger charge is 2.36. The van der Waals surface area contributed by atoms with Gasteiger partial charge in [-0.3, -0.25) is 9.89 Å². The third-order valence-electron chi connectivity index (χ3n) is 5.86. The second kappa shape index (κ2) is 7.26. The Morgan fingerprint density at radius 1 is 1.35 bits per heavy atom. The molecule has 6 heteroatoms. The maximum Gasteiger partial charge on any atom is 0.272 e. The molecular weight excluding hydrogens is 340 g/mol. The molecule has 136 valence electrons. The van der Waals surface area contributed by atoms with E-state index in [1.54, 1.807) is 0 Å². The Morgan fingerprint density at radius 3 is 2.85 bits per heavy atom. The minimum atomic E-state index is -0.291. The number of fused-ring (bicyclic) bond motifs is 3. The van der Waals surface area contributed by atoms with Gasteiger partial charge in [-0.25, -0.2) is 0 Å². The SMILES string of the molecule is C[SiH2]C#Cc1ccc2[nH]nc(C(=O)NC3CC4CCCC(C3)N4C)c2c1. The first-order valence-electron chi connectivity index (χ1n) is 9.65. The fraction of sp³-hybridized carbons (Fsp3) is 0.500. The van der Waals surface area contributed by atoms with Crippen LogP contribution in [0.4, 0.5) is 0 Å². The topological polar surface area (TPSA) is 61.0 Å². The van der Waals surface area contributed by atoms with Gasteiger partial charge in [-0.2, -0.15) is 5.10 Å². The number of nitrogens with zero attached hydrogens (tertiary/aromatic N) is 2. The summed E-state index contributed by atoms with van der Waals surface area (Å²) in [5, 5.41) is 11.4. The van der Waals surface area contributed by atoms with Crippen molar-refractivity contribution in [2.24, 2.45) is 0 Å². The fourth-order valence-corrected chi connectivity index (χ4v) is 4.82. The zero-order valence-corrected chi connectivity index (χ0v) is 16.9. The van der Waals surface area contributed by atoms with Crippen LogP contribution in [0.25, 0.3) is 10.9 Å². The number of rotatable bonds is 2. The van der Waals surface area contributed by atoms with Gasteiger partial charge in [0.1, 0.15) is 9.52 Å². The number of carbonyl (C=O) groups is 1. The van der Waals surface area contributed by atoms with Crippen molar-refractivity contribution in [3.05, 3.63) is 29.5 Å². The Hall–Kier alpha value is -2.10. The van der Waals surface area contributed by atoms with E-state index in [9.17, 15) is 4.79 Å². The molecule has 3 heterocycles. The maximum atomic E-state index is 12.9. The molecule has 2 bridgehead atoms. The van der Waals surface area contributed by atoms with Crippen molar-refractivity contribution in [3.8, 4) is 11.5 Å². The molecule has 1 aromatic carbocycles. The zero-order chi connectivity index (χ0) is 18.1. The van der Waals surface area contributed by atoms with Crippen molar-refractivity contribution in [3.63, 3.8) is 0 Å². The molecule has 2 fully saturated rings. The molecule has 1 aromatic heterocycles. The lowest BCUT2D eigenvalue weighted by atomic mass is 9.82. The van der Waals surface area contributed by atoms with E-state index in [0.29, 0.717) is 17.8 Å². The summed E-state index contributed by atoms with van der Waals surface area (Å²) >= 11 is 0. The lowest BCUT2D eigenvalue weighted by Gasteiger charge is -2.47. The van der Waals surface area contributed by atoms with Gasteiger partial charge in [0.15, 0.2) is 5.69 Å². The molecule has 2 atom stereocenters. The highest BCUT2D eigenvalue weighted by molar-refractivity contribution is 6.44. The number of amides is 1. The number of carbonyl (C=O) groups excluding carboxylic acids is 1. The van der Waals surface area contributed by atoms with Gasteiger partial charge >= 0.3 is 0 Å². The smallest absolute Gasteiger partial charge is 0.272 e. The summed E-state index contributed by atoms with van der Waals surface area (Å²) in [4.78, 5) is 15.4. The second-order valence-electron chi connectivity index (χ2n) is 7.53. The van der Waals surface area contributed by atoms with Crippen molar-refractivity contribution in [2.45, 2.75) is 56.8 Å². The first-order valence-corrected chi connectivity index (χ1v) is 11.8. The zero-order valence-electron chi connectivity index (χ0n) is 15.5. The third kappa shape index (κ3) is 3.29. The standard InChI is InChI=1S/C20H26N4OSi/c1-24-15-4-3-5-16(24)12-14(11-15)21-20(25)19-17-10-13(8-9-26-2)6-7-18(17)22-23-19/h6-7,10,14-16H,3-5,11-12,26H2,1-2H3,(H,21,25)(H,22,23). The molecular formula is C20H26N4OSi. The van der Waals surface area contributed by atoms with E-state index in [1.807, 2.05) is 18.2 Å². The Bertz CT molecular complexity index is 867. The van der Waals surface area contributed by atoms with Gasteiger partial charge in [0.25, 0.3) is 5.91 Å². The van der Waals surface area contributed by atoms with Crippen LogP contribution in [-0.4, -0.2) is 55.7 Å². The van der Waals surface area contributed by atoms with Crippen molar-refractivity contribution < 1.29 is 4.79 Å². The van der Waals surface area contributed by atoms with Gasteiger partial charge in [0, 0.05) is 29.1 Å². The van der Waals surface area contributed by atoms with E-state index in [-0.39, 0.29) is 21.5 Å². The van der Waals surface area contributed by atoms with Crippen LogP contribution in [0, 0.1) is 11.5 Å². The van der Waals surface area contributed by atoms with Gasteiger partial charge in [-0.05, 0) is 50.9 Å². The number of H-pyrrole nitrogens is 1. The van der Waals surface area contributed by atoms with Gasteiger partial charge in [0.2, 0.25) is 0 Å². The summed E-state index contributed by atoms with van der Waals surface area (Å²) in [5.41, 5.74) is 5.54. The van der Waals surface area contributed by atoms with Crippen LogP contribution in [0.15, 0.2) is 18.2 Å². The molecule has 4 rings (SSSR count). The Kier molecular flexibility index (Phi) is 4.83. The van der Waals surface area contributed by atoms with Crippen LogP contribution in [0.5, 0.6) is 0 Å². The summed E-state index contributed by atoms with van der Waals surface area (Å²) in [7, 11) is 1.94. The van der Waals surface area contributed by atoms with Crippen molar-refractivity contribution >= 4 is 26.3 Å².